The third-order valence-electron chi connectivity index (χ3n) is 3.05. The number of amides is 1. The number of aliphatic hydroxyl groups is 1. The van der Waals surface area contributed by atoms with Crippen LogP contribution in [0.3, 0.4) is 0 Å². The smallest absolute Gasteiger partial charge is 0.224 e. The Morgan fingerprint density at radius 2 is 1.72 bits per heavy atom. The van der Waals surface area contributed by atoms with Crippen molar-refractivity contribution in [1.29, 1.82) is 0 Å². The van der Waals surface area contributed by atoms with E-state index in [1.807, 2.05) is 0 Å². The number of hydrogen-bond acceptors (Lipinski definition) is 2. The molecule has 1 amide bonds. The van der Waals surface area contributed by atoms with Crippen molar-refractivity contribution in [2.24, 2.45) is 0 Å². The van der Waals surface area contributed by atoms with Crippen LogP contribution in [-0.2, 0) is 17.6 Å². The summed E-state index contributed by atoms with van der Waals surface area (Å²) in [7, 11) is 1.78. The molecule has 0 aliphatic heterocycles. The highest BCUT2D eigenvalue weighted by atomic mass is 16.3. The first-order valence-electron chi connectivity index (χ1n) is 6.60. The SMILES string of the molecule is CCCc1ccc(CCN(C)C(=O)CCO)cc1. The maximum Gasteiger partial charge on any atom is 0.224 e. The Morgan fingerprint density at radius 1 is 1.17 bits per heavy atom. The predicted molar refractivity (Wildman–Crippen MR) is 73.5 cm³/mol. The second-order valence-corrected chi connectivity index (χ2v) is 4.61. The van der Waals surface area contributed by atoms with Gasteiger partial charge in [-0.05, 0) is 24.0 Å². The third-order valence-corrected chi connectivity index (χ3v) is 3.05. The molecule has 0 heterocycles. The molecule has 1 aromatic rings. The van der Waals surface area contributed by atoms with Crippen LogP contribution in [0.15, 0.2) is 24.3 Å². The minimum Gasteiger partial charge on any atom is -0.396 e. The maximum atomic E-state index is 11.5. The topological polar surface area (TPSA) is 40.5 Å². The van der Waals surface area contributed by atoms with E-state index in [0.29, 0.717) is 6.54 Å². The number of likely N-dealkylation sites (N-methyl/N-ethyl adjacent to an activating group) is 1. The summed E-state index contributed by atoms with van der Waals surface area (Å²) in [6.45, 7) is 2.80. The van der Waals surface area contributed by atoms with E-state index in [9.17, 15) is 4.79 Å². The van der Waals surface area contributed by atoms with Crippen molar-refractivity contribution in [3.63, 3.8) is 0 Å². The summed E-state index contributed by atoms with van der Waals surface area (Å²) in [5, 5.41) is 8.70. The quantitative estimate of drug-likeness (QED) is 0.803. The molecule has 0 saturated heterocycles. The molecule has 3 heteroatoms. The Morgan fingerprint density at radius 3 is 2.22 bits per heavy atom. The Labute approximate surface area is 109 Å². The lowest BCUT2D eigenvalue weighted by Gasteiger charge is -2.16. The van der Waals surface area contributed by atoms with E-state index in [2.05, 4.69) is 31.2 Å². The minimum atomic E-state index is -0.0745. The number of benzene rings is 1. The Bertz CT molecular complexity index is 359. The monoisotopic (exact) mass is 249 g/mol. The molecule has 1 rings (SSSR count). The van der Waals surface area contributed by atoms with Crippen LogP contribution >= 0.6 is 0 Å². The van der Waals surface area contributed by atoms with Gasteiger partial charge in [-0.15, -0.1) is 0 Å². The fraction of sp³-hybridized carbons (Fsp3) is 0.533. The molecule has 0 aliphatic rings. The van der Waals surface area contributed by atoms with Crippen LogP contribution in [0.4, 0.5) is 0 Å². The van der Waals surface area contributed by atoms with Crippen LogP contribution in [0.25, 0.3) is 0 Å². The van der Waals surface area contributed by atoms with Gasteiger partial charge >= 0.3 is 0 Å². The van der Waals surface area contributed by atoms with Crippen LogP contribution < -0.4 is 0 Å². The predicted octanol–water partition coefficient (Wildman–Crippen LogP) is 2.02. The number of carbonyl (C=O) groups excluding carboxylic acids is 1. The number of hydrogen-bond donors (Lipinski definition) is 1. The minimum absolute atomic E-state index is 0.0000955. The molecule has 0 radical (unpaired) electrons. The molecular formula is C15H23NO2. The van der Waals surface area contributed by atoms with E-state index in [-0.39, 0.29) is 18.9 Å². The van der Waals surface area contributed by atoms with Gasteiger partial charge in [0, 0.05) is 20.0 Å². The lowest BCUT2D eigenvalue weighted by Crippen LogP contribution is -2.29. The van der Waals surface area contributed by atoms with Crippen LogP contribution in [0.1, 0.15) is 30.9 Å². The zero-order valence-electron chi connectivity index (χ0n) is 11.4. The molecule has 0 unspecified atom stereocenters. The van der Waals surface area contributed by atoms with Gasteiger partial charge in [0.1, 0.15) is 0 Å². The fourth-order valence-corrected chi connectivity index (χ4v) is 1.87. The van der Waals surface area contributed by atoms with Crippen molar-refractivity contribution in [3.8, 4) is 0 Å². The van der Waals surface area contributed by atoms with Crippen molar-refractivity contribution < 1.29 is 9.90 Å². The molecule has 0 aliphatic carbocycles. The highest BCUT2D eigenvalue weighted by molar-refractivity contribution is 5.75. The Kier molecular flexibility index (Phi) is 6.44. The molecule has 1 N–H and O–H groups in total. The van der Waals surface area contributed by atoms with E-state index in [4.69, 9.17) is 5.11 Å². The van der Waals surface area contributed by atoms with Gasteiger partial charge in [-0.3, -0.25) is 4.79 Å². The Balaban J connectivity index is 2.41. The second kappa shape index (κ2) is 7.88. The highest BCUT2D eigenvalue weighted by Gasteiger charge is 2.07. The summed E-state index contributed by atoms with van der Waals surface area (Å²) >= 11 is 0. The fourth-order valence-electron chi connectivity index (χ4n) is 1.87. The van der Waals surface area contributed by atoms with Gasteiger partial charge in [-0.1, -0.05) is 37.6 Å². The largest absolute Gasteiger partial charge is 0.396 e. The summed E-state index contributed by atoms with van der Waals surface area (Å²) in [5.74, 6) is 0.0000955. The first-order chi connectivity index (χ1) is 8.67. The first-order valence-corrected chi connectivity index (χ1v) is 6.60. The molecule has 0 atom stereocenters. The molecule has 0 aromatic heterocycles. The molecule has 0 spiro atoms. The molecule has 0 fully saturated rings. The number of carbonyl (C=O) groups is 1. The maximum absolute atomic E-state index is 11.5. The van der Waals surface area contributed by atoms with Crippen molar-refractivity contribution >= 4 is 5.91 Å². The molecule has 0 saturated carbocycles. The standard InChI is InChI=1S/C15H23NO2/c1-3-4-13-5-7-14(8-6-13)9-11-16(2)15(18)10-12-17/h5-8,17H,3-4,9-12H2,1-2H3. The van der Waals surface area contributed by atoms with Crippen molar-refractivity contribution in [2.45, 2.75) is 32.6 Å². The molecule has 1 aromatic carbocycles. The second-order valence-electron chi connectivity index (χ2n) is 4.61. The summed E-state index contributed by atoms with van der Waals surface area (Å²) in [4.78, 5) is 13.1. The van der Waals surface area contributed by atoms with E-state index in [1.165, 1.54) is 11.1 Å². The molecule has 18 heavy (non-hydrogen) atoms. The zero-order chi connectivity index (χ0) is 13.4. The van der Waals surface area contributed by atoms with E-state index < -0.39 is 0 Å². The van der Waals surface area contributed by atoms with E-state index >= 15 is 0 Å². The third kappa shape index (κ3) is 4.88. The van der Waals surface area contributed by atoms with Gasteiger partial charge in [0.2, 0.25) is 5.91 Å². The number of aliphatic hydroxyl groups excluding tert-OH is 1. The average Bonchev–Trinajstić information content (AvgIpc) is 2.38. The van der Waals surface area contributed by atoms with E-state index in [0.717, 1.165) is 19.3 Å². The molecule has 100 valence electrons. The van der Waals surface area contributed by atoms with Crippen LogP contribution in [0.5, 0.6) is 0 Å². The molecule has 3 nitrogen and oxygen atoms in total. The van der Waals surface area contributed by atoms with Gasteiger partial charge in [0.15, 0.2) is 0 Å². The number of nitrogens with zero attached hydrogens (tertiary/aromatic N) is 1. The molecule has 0 bridgehead atoms. The van der Waals surface area contributed by atoms with Crippen LogP contribution in [0, 0.1) is 0 Å². The average molecular weight is 249 g/mol. The highest BCUT2D eigenvalue weighted by Crippen LogP contribution is 2.08. The lowest BCUT2D eigenvalue weighted by molar-refractivity contribution is -0.130. The van der Waals surface area contributed by atoms with Gasteiger partial charge in [0.25, 0.3) is 0 Å². The van der Waals surface area contributed by atoms with Gasteiger partial charge in [0.05, 0.1) is 6.61 Å². The van der Waals surface area contributed by atoms with Gasteiger partial charge in [-0.2, -0.15) is 0 Å². The lowest BCUT2D eigenvalue weighted by atomic mass is 10.1. The van der Waals surface area contributed by atoms with Crippen LogP contribution in [-0.4, -0.2) is 36.1 Å². The van der Waals surface area contributed by atoms with Gasteiger partial charge < -0.3 is 10.0 Å². The summed E-state index contributed by atoms with van der Waals surface area (Å²) in [5.41, 5.74) is 2.62. The number of rotatable bonds is 7. The Hall–Kier alpha value is -1.35. The summed E-state index contributed by atoms with van der Waals surface area (Å²) in [6, 6.07) is 8.59. The molecular weight excluding hydrogens is 226 g/mol. The summed E-state index contributed by atoms with van der Waals surface area (Å²) < 4.78 is 0. The number of aryl methyl sites for hydroxylation is 1. The van der Waals surface area contributed by atoms with Crippen molar-refractivity contribution in [1.82, 2.24) is 4.90 Å². The van der Waals surface area contributed by atoms with E-state index in [1.54, 1.807) is 11.9 Å². The first kappa shape index (κ1) is 14.7. The summed E-state index contributed by atoms with van der Waals surface area (Å²) in [6.07, 6.45) is 3.36. The van der Waals surface area contributed by atoms with Crippen LogP contribution in [0.2, 0.25) is 0 Å². The normalized spacial score (nSPS) is 10.4. The zero-order valence-corrected chi connectivity index (χ0v) is 11.4. The van der Waals surface area contributed by atoms with Crippen molar-refractivity contribution in [3.05, 3.63) is 35.4 Å². The van der Waals surface area contributed by atoms with Crippen molar-refractivity contribution in [2.75, 3.05) is 20.2 Å². The van der Waals surface area contributed by atoms with Gasteiger partial charge in [-0.25, -0.2) is 0 Å².